The maximum Gasteiger partial charge on any atom is 0.337 e. The second kappa shape index (κ2) is 4.99. The zero-order valence-electron chi connectivity index (χ0n) is 9.07. The number of carboxylic acid groups (broad SMARTS) is 1. The smallest absolute Gasteiger partial charge is 0.337 e. The fourth-order valence-corrected chi connectivity index (χ4v) is 1.98. The van der Waals surface area contributed by atoms with Gasteiger partial charge in [0.05, 0.1) is 5.56 Å². The van der Waals surface area contributed by atoms with Crippen LogP contribution in [0.25, 0.3) is 0 Å². The molecule has 3 N–H and O–H groups in total. The van der Waals surface area contributed by atoms with Gasteiger partial charge in [-0.1, -0.05) is 12.1 Å². The second-order valence-electron chi connectivity index (χ2n) is 4.02. The first kappa shape index (κ1) is 11.0. The maximum atomic E-state index is 11.0. The average molecular weight is 220 g/mol. The van der Waals surface area contributed by atoms with Crippen molar-refractivity contribution >= 4 is 11.7 Å². The third-order valence-electron chi connectivity index (χ3n) is 2.86. The summed E-state index contributed by atoms with van der Waals surface area (Å²) in [5, 5.41) is 15.6. The van der Waals surface area contributed by atoms with Crippen molar-refractivity contribution in [3.05, 3.63) is 29.8 Å². The highest BCUT2D eigenvalue weighted by Crippen LogP contribution is 2.18. The van der Waals surface area contributed by atoms with Gasteiger partial charge in [-0.2, -0.15) is 0 Å². The van der Waals surface area contributed by atoms with Crippen LogP contribution in [-0.4, -0.2) is 30.2 Å². The van der Waals surface area contributed by atoms with E-state index in [1.54, 1.807) is 12.1 Å². The van der Waals surface area contributed by atoms with Crippen molar-refractivity contribution in [2.75, 3.05) is 18.4 Å². The number of carbonyl (C=O) groups is 1. The van der Waals surface area contributed by atoms with Crippen LogP contribution in [0.4, 0.5) is 5.69 Å². The zero-order chi connectivity index (χ0) is 11.4. The molecule has 1 fully saturated rings. The minimum Gasteiger partial charge on any atom is -0.478 e. The van der Waals surface area contributed by atoms with E-state index in [1.165, 1.54) is 0 Å². The number of para-hydroxylation sites is 1. The summed E-state index contributed by atoms with van der Waals surface area (Å²) in [7, 11) is 0. The van der Waals surface area contributed by atoms with Crippen molar-refractivity contribution in [2.24, 2.45) is 0 Å². The first-order chi connectivity index (χ1) is 7.77. The number of hydrogen-bond acceptors (Lipinski definition) is 3. The number of aromatic carboxylic acids is 1. The Morgan fingerprint density at radius 3 is 2.69 bits per heavy atom. The molecule has 0 unspecified atom stereocenters. The number of benzene rings is 1. The quantitative estimate of drug-likeness (QED) is 0.723. The van der Waals surface area contributed by atoms with Gasteiger partial charge in [0.1, 0.15) is 0 Å². The van der Waals surface area contributed by atoms with E-state index in [2.05, 4.69) is 10.6 Å². The Hall–Kier alpha value is -1.55. The predicted octanol–water partition coefficient (Wildman–Crippen LogP) is 1.55. The van der Waals surface area contributed by atoms with Gasteiger partial charge in [-0.15, -0.1) is 0 Å². The standard InChI is InChI=1S/C12H16N2O2/c15-12(16)10-3-1-2-4-11(10)14-9-5-7-13-8-6-9/h1-4,9,13-14H,5-8H2,(H,15,16). The summed E-state index contributed by atoms with van der Waals surface area (Å²) in [5.41, 5.74) is 1.07. The highest BCUT2D eigenvalue weighted by atomic mass is 16.4. The summed E-state index contributed by atoms with van der Waals surface area (Å²) in [6.45, 7) is 1.99. The van der Waals surface area contributed by atoms with Crippen LogP contribution in [0.3, 0.4) is 0 Å². The molecule has 0 aromatic heterocycles. The van der Waals surface area contributed by atoms with Crippen molar-refractivity contribution in [1.29, 1.82) is 0 Å². The van der Waals surface area contributed by atoms with Crippen molar-refractivity contribution in [1.82, 2.24) is 5.32 Å². The molecule has 4 heteroatoms. The Labute approximate surface area is 94.7 Å². The fourth-order valence-electron chi connectivity index (χ4n) is 1.98. The van der Waals surface area contributed by atoms with Crippen molar-refractivity contribution in [3.8, 4) is 0 Å². The van der Waals surface area contributed by atoms with Gasteiger partial charge in [-0.3, -0.25) is 0 Å². The number of hydrogen-bond donors (Lipinski definition) is 3. The number of rotatable bonds is 3. The van der Waals surface area contributed by atoms with Gasteiger partial charge in [-0.05, 0) is 38.1 Å². The van der Waals surface area contributed by atoms with E-state index in [9.17, 15) is 4.79 Å². The number of carboxylic acids is 1. The van der Waals surface area contributed by atoms with Gasteiger partial charge in [0.25, 0.3) is 0 Å². The van der Waals surface area contributed by atoms with E-state index in [-0.39, 0.29) is 0 Å². The van der Waals surface area contributed by atoms with Crippen LogP contribution in [0.15, 0.2) is 24.3 Å². The summed E-state index contributed by atoms with van der Waals surface area (Å²) in [6.07, 6.45) is 2.07. The molecular formula is C12H16N2O2. The van der Waals surface area contributed by atoms with Gasteiger partial charge in [-0.25, -0.2) is 4.79 Å². The molecule has 0 bridgehead atoms. The maximum absolute atomic E-state index is 11.0. The number of nitrogens with one attached hydrogen (secondary N) is 2. The third-order valence-corrected chi connectivity index (χ3v) is 2.86. The first-order valence-corrected chi connectivity index (χ1v) is 5.57. The molecule has 0 atom stereocenters. The van der Waals surface area contributed by atoms with Gasteiger partial charge >= 0.3 is 5.97 Å². The van der Waals surface area contributed by atoms with E-state index in [0.717, 1.165) is 31.6 Å². The Kier molecular flexibility index (Phi) is 3.41. The molecule has 2 rings (SSSR count). The van der Waals surface area contributed by atoms with Crippen LogP contribution in [0, 0.1) is 0 Å². The fraction of sp³-hybridized carbons (Fsp3) is 0.417. The van der Waals surface area contributed by atoms with Crippen LogP contribution in [0.2, 0.25) is 0 Å². The summed E-state index contributed by atoms with van der Waals surface area (Å²) in [4.78, 5) is 11.0. The molecule has 0 spiro atoms. The number of piperidine rings is 1. The molecule has 1 aliphatic rings. The summed E-state index contributed by atoms with van der Waals surface area (Å²) in [6, 6.07) is 7.44. The SMILES string of the molecule is O=C(O)c1ccccc1NC1CCNCC1. The largest absolute Gasteiger partial charge is 0.478 e. The lowest BCUT2D eigenvalue weighted by atomic mass is 10.1. The third kappa shape index (κ3) is 2.52. The normalized spacial score (nSPS) is 17.0. The van der Waals surface area contributed by atoms with Crippen LogP contribution < -0.4 is 10.6 Å². The molecule has 4 nitrogen and oxygen atoms in total. The molecule has 0 amide bonds. The summed E-state index contributed by atoms with van der Waals surface area (Å²) >= 11 is 0. The molecule has 0 aliphatic carbocycles. The van der Waals surface area contributed by atoms with Crippen molar-refractivity contribution in [3.63, 3.8) is 0 Å². The lowest BCUT2D eigenvalue weighted by Gasteiger charge is -2.25. The molecule has 0 saturated carbocycles. The topological polar surface area (TPSA) is 61.4 Å². The molecule has 1 aromatic carbocycles. The van der Waals surface area contributed by atoms with Crippen LogP contribution in [0.5, 0.6) is 0 Å². The van der Waals surface area contributed by atoms with Crippen LogP contribution in [-0.2, 0) is 0 Å². The highest BCUT2D eigenvalue weighted by Gasteiger charge is 2.15. The van der Waals surface area contributed by atoms with Gasteiger partial charge in [0.2, 0.25) is 0 Å². The lowest BCUT2D eigenvalue weighted by Crippen LogP contribution is -2.35. The Balaban J connectivity index is 2.10. The Bertz CT molecular complexity index is 373. The first-order valence-electron chi connectivity index (χ1n) is 5.57. The van der Waals surface area contributed by atoms with Crippen molar-refractivity contribution < 1.29 is 9.90 Å². The van der Waals surface area contributed by atoms with Gasteiger partial charge in [0, 0.05) is 11.7 Å². The Morgan fingerprint density at radius 1 is 1.31 bits per heavy atom. The van der Waals surface area contributed by atoms with E-state index in [0.29, 0.717) is 11.6 Å². The summed E-state index contributed by atoms with van der Waals surface area (Å²) < 4.78 is 0. The molecule has 1 aromatic rings. The predicted molar refractivity (Wildman–Crippen MR) is 62.9 cm³/mol. The zero-order valence-corrected chi connectivity index (χ0v) is 9.07. The van der Waals surface area contributed by atoms with Crippen LogP contribution in [0.1, 0.15) is 23.2 Å². The molecule has 0 radical (unpaired) electrons. The molecular weight excluding hydrogens is 204 g/mol. The minimum atomic E-state index is -0.878. The van der Waals surface area contributed by atoms with E-state index in [1.807, 2.05) is 12.1 Å². The van der Waals surface area contributed by atoms with E-state index < -0.39 is 5.97 Å². The number of anilines is 1. The Morgan fingerprint density at radius 2 is 2.00 bits per heavy atom. The lowest BCUT2D eigenvalue weighted by molar-refractivity contribution is 0.0698. The second-order valence-corrected chi connectivity index (χ2v) is 4.02. The minimum absolute atomic E-state index is 0.348. The van der Waals surface area contributed by atoms with Gasteiger partial charge in [0.15, 0.2) is 0 Å². The molecule has 1 saturated heterocycles. The van der Waals surface area contributed by atoms with Gasteiger partial charge < -0.3 is 15.7 Å². The summed E-state index contributed by atoms with van der Waals surface area (Å²) in [5.74, 6) is -0.878. The van der Waals surface area contributed by atoms with E-state index >= 15 is 0 Å². The molecule has 86 valence electrons. The average Bonchev–Trinajstić information content (AvgIpc) is 2.31. The van der Waals surface area contributed by atoms with Crippen LogP contribution >= 0.6 is 0 Å². The molecule has 1 aliphatic heterocycles. The molecule has 1 heterocycles. The highest BCUT2D eigenvalue weighted by molar-refractivity contribution is 5.94. The monoisotopic (exact) mass is 220 g/mol. The van der Waals surface area contributed by atoms with Crippen molar-refractivity contribution in [2.45, 2.75) is 18.9 Å². The molecule has 16 heavy (non-hydrogen) atoms. The van der Waals surface area contributed by atoms with E-state index in [4.69, 9.17) is 5.11 Å².